The lowest BCUT2D eigenvalue weighted by molar-refractivity contribution is 0.573. The maximum atomic E-state index is 13.3. The molecule has 4 aromatic rings. The van der Waals surface area contributed by atoms with E-state index < -0.39 is 33.0 Å². The molecule has 0 spiro atoms. The number of hydrogen-bond donors (Lipinski definition) is 3. The first-order valence-electron chi connectivity index (χ1n) is 8.41. The quantitative estimate of drug-likeness (QED) is 0.422. The van der Waals surface area contributed by atoms with Crippen molar-refractivity contribution in [1.82, 2.24) is 14.7 Å². The summed E-state index contributed by atoms with van der Waals surface area (Å²) in [6.45, 7) is 0. The van der Waals surface area contributed by atoms with Gasteiger partial charge in [0, 0.05) is 4.88 Å². The van der Waals surface area contributed by atoms with Gasteiger partial charge in [-0.25, -0.2) is 12.8 Å². The Morgan fingerprint density at radius 2 is 1.62 bits per heavy atom. The van der Waals surface area contributed by atoms with E-state index >= 15 is 0 Å². The molecule has 3 N–H and O–H groups in total. The Balaban J connectivity index is 1.76. The van der Waals surface area contributed by atoms with Crippen molar-refractivity contribution in [3.8, 4) is 0 Å². The number of rotatable bonds is 5. The van der Waals surface area contributed by atoms with Crippen LogP contribution in [-0.4, -0.2) is 18.4 Å². The van der Waals surface area contributed by atoms with Gasteiger partial charge in [0.25, 0.3) is 0 Å². The highest BCUT2D eigenvalue weighted by Crippen LogP contribution is 2.28. The zero-order valence-electron chi connectivity index (χ0n) is 14.7. The summed E-state index contributed by atoms with van der Waals surface area (Å²) in [5.74, 6) is -0.422. The second-order valence-electron chi connectivity index (χ2n) is 6.24. The summed E-state index contributed by atoms with van der Waals surface area (Å²) in [7, 11) is -4.01. The highest BCUT2D eigenvalue weighted by atomic mass is 32.2. The van der Waals surface area contributed by atoms with Gasteiger partial charge in [0.15, 0.2) is 0 Å². The van der Waals surface area contributed by atoms with E-state index in [-0.39, 0.29) is 10.4 Å². The first kappa shape index (κ1) is 19.2. The van der Waals surface area contributed by atoms with Crippen LogP contribution in [0.4, 0.5) is 4.39 Å². The minimum atomic E-state index is -4.01. The summed E-state index contributed by atoms with van der Waals surface area (Å²) in [5, 5.41) is 1.82. The number of halogens is 1. The Morgan fingerprint density at radius 3 is 2.28 bits per heavy atom. The Hall–Kier alpha value is -3.08. The van der Waals surface area contributed by atoms with E-state index in [2.05, 4.69) is 14.7 Å². The molecule has 1 atom stereocenters. The van der Waals surface area contributed by atoms with Crippen LogP contribution in [0.1, 0.15) is 16.5 Å². The van der Waals surface area contributed by atoms with Crippen LogP contribution >= 0.6 is 11.3 Å². The third-order valence-corrected chi connectivity index (χ3v) is 6.67. The Bertz CT molecular complexity index is 1390. The zero-order chi connectivity index (χ0) is 20.6. The summed E-state index contributed by atoms with van der Waals surface area (Å²) >= 11 is 1.36. The molecule has 0 aliphatic rings. The molecular weight excluding hydrogens is 417 g/mol. The standard InChI is InChI=1S/C19H14FN3O4S2/c20-12-5-3-11(4-6-12)17(16-2-1-9-28-16)23-29(26,27)13-7-8-14-15(10-13)22-19(25)18(24)21-14/h1-10,17,23H,(H,21,24)(H,22,25)/t17-/m0/s1. The number of benzene rings is 2. The third-order valence-electron chi connectivity index (χ3n) is 4.31. The van der Waals surface area contributed by atoms with Gasteiger partial charge >= 0.3 is 11.1 Å². The van der Waals surface area contributed by atoms with Crippen molar-refractivity contribution in [3.63, 3.8) is 0 Å². The highest BCUT2D eigenvalue weighted by molar-refractivity contribution is 7.89. The lowest BCUT2D eigenvalue weighted by Crippen LogP contribution is -2.30. The summed E-state index contributed by atoms with van der Waals surface area (Å²) in [4.78, 5) is 28.4. The van der Waals surface area contributed by atoms with Crippen LogP contribution in [0.5, 0.6) is 0 Å². The lowest BCUT2D eigenvalue weighted by Gasteiger charge is -2.18. The molecule has 0 aliphatic heterocycles. The molecule has 10 heteroatoms. The van der Waals surface area contributed by atoms with E-state index in [1.54, 1.807) is 12.1 Å². The summed E-state index contributed by atoms with van der Waals surface area (Å²) in [6.07, 6.45) is 0. The van der Waals surface area contributed by atoms with Crippen LogP contribution in [0.15, 0.2) is 74.5 Å². The predicted molar refractivity (Wildman–Crippen MR) is 108 cm³/mol. The number of sulfonamides is 1. The monoisotopic (exact) mass is 431 g/mol. The number of nitrogens with one attached hydrogen (secondary N) is 3. The fourth-order valence-electron chi connectivity index (χ4n) is 2.89. The van der Waals surface area contributed by atoms with Crippen molar-refractivity contribution < 1.29 is 12.8 Å². The molecular formula is C19H14FN3O4S2. The van der Waals surface area contributed by atoms with E-state index in [0.717, 1.165) is 4.88 Å². The van der Waals surface area contributed by atoms with Crippen molar-refractivity contribution in [1.29, 1.82) is 0 Å². The molecule has 7 nitrogen and oxygen atoms in total. The molecule has 0 aliphatic carbocycles. The largest absolute Gasteiger partial charge is 0.316 e. The number of aromatic nitrogens is 2. The molecule has 2 heterocycles. The van der Waals surface area contributed by atoms with Crippen molar-refractivity contribution in [3.05, 3.63) is 96.9 Å². The van der Waals surface area contributed by atoms with Crippen LogP contribution in [0.3, 0.4) is 0 Å². The van der Waals surface area contributed by atoms with Gasteiger partial charge in [-0.1, -0.05) is 18.2 Å². The minimum absolute atomic E-state index is 0.0867. The number of aromatic amines is 2. The first-order chi connectivity index (χ1) is 13.8. The fourth-order valence-corrected chi connectivity index (χ4v) is 4.99. The normalized spacial score (nSPS) is 12.9. The third kappa shape index (κ3) is 3.90. The van der Waals surface area contributed by atoms with Gasteiger partial charge in [-0.2, -0.15) is 4.72 Å². The first-order valence-corrected chi connectivity index (χ1v) is 10.8. The van der Waals surface area contributed by atoms with Gasteiger partial charge in [0.1, 0.15) is 5.82 Å². The Labute approximate surface area is 167 Å². The molecule has 0 unspecified atom stereocenters. The number of thiophene rings is 1. The van der Waals surface area contributed by atoms with Crippen molar-refractivity contribution in [2.75, 3.05) is 0 Å². The Kier molecular flexibility index (Phi) is 4.91. The zero-order valence-corrected chi connectivity index (χ0v) is 16.3. The SMILES string of the molecule is O=c1[nH]c2ccc(S(=O)(=O)N[C@@H](c3ccc(F)cc3)c3cccs3)cc2[nH]c1=O. The van der Waals surface area contributed by atoms with Gasteiger partial charge in [-0.05, 0) is 47.3 Å². The van der Waals surface area contributed by atoms with E-state index in [1.807, 2.05) is 5.38 Å². The van der Waals surface area contributed by atoms with E-state index in [1.165, 1.54) is 53.8 Å². The molecule has 0 bridgehead atoms. The average molecular weight is 431 g/mol. The van der Waals surface area contributed by atoms with Gasteiger partial charge in [0.2, 0.25) is 10.0 Å². The Morgan fingerprint density at radius 1 is 0.931 bits per heavy atom. The van der Waals surface area contributed by atoms with Crippen molar-refractivity contribution in [2.24, 2.45) is 0 Å². The van der Waals surface area contributed by atoms with E-state index in [0.29, 0.717) is 11.1 Å². The molecule has 0 saturated carbocycles. The van der Waals surface area contributed by atoms with Gasteiger partial charge in [0.05, 0.1) is 22.0 Å². The molecule has 0 saturated heterocycles. The molecule has 148 valence electrons. The summed E-state index contributed by atoms with van der Waals surface area (Å²) in [5.41, 5.74) is -0.618. The van der Waals surface area contributed by atoms with E-state index in [9.17, 15) is 22.4 Å². The van der Waals surface area contributed by atoms with E-state index in [4.69, 9.17) is 0 Å². The molecule has 0 amide bonds. The second kappa shape index (κ2) is 7.39. The molecule has 0 fully saturated rings. The second-order valence-corrected chi connectivity index (χ2v) is 8.93. The van der Waals surface area contributed by atoms with Crippen LogP contribution in [-0.2, 0) is 10.0 Å². The average Bonchev–Trinajstić information content (AvgIpc) is 3.22. The smallest absolute Gasteiger partial charge is 0.314 e. The van der Waals surface area contributed by atoms with Crippen LogP contribution in [0.25, 0.3) is 11.0 Å². The highest BCUT2D eigenvalue weighted by Gasteiger charge is 2.24. The maximum absolute atomic E-state index is 13.3. The molecule has 2 aromatic heterocycles. The maximum Gasteiger partial charge on any atom is 0.314 e. The van der Waals surface area contributed by atoms with Crippen molar-refractivity contribution in [2.45, 2.75) is 10.9 Å². The number of H-pyrrole nitrogens is 2. The van der Waals surface area contributed by atoms with Gasteiger partial charge < -0.3 is 9.97 Å². The fraction of sp³-hybridized carbons (Fsp3) is 0.0526. The minimum Gasteiger partial charge on any atom is -0.316 e. The van der Waals surface area contributed by atoms with Gasteiger partial charge in [-0.3, -0.25) is 9.59 Å². The molecule has 4 rings (SSSR count). The summed E-state index contributed by atoms with van der Waals surface area (Å²) < 4.78 is 42.0. The van der Waals surface area contributed by atoms with Crippen molar-refractivity contribution >= 4 is 32.4 Å². The number of hydrogen-bond acceptors (Lipinski definition) is 5. The van der Waals surface area contributed by atoms with Crippen LogP contribution in [0.2, 0.25) is 0 Å². The predicted octanol–water partition coefficient (Wildman–Crippen LogP) is 2.48. The van der Waals surface area contributed by atoms with Gasteiger partial charge in [-0.15, -0.1) is 11.3 Å². The number of fused-ring (bicyclic) bond motifs is 1. The molecule has 29 heavy (non-hydrogen) atoms. The van der Waals surface area contributed by atoms with Crippen LogP contribution in [0, 0.1) is 5.82 Å². The summed E-state index contributed by atoms with van der Waals surface area (Å²) in [6, 6.07) is 12.4. The lowest BCUT2D eigenvalue weighted by atomic mass is 10.1. The topological polar surface area (TPSA) is 112 Å². The molecule has 0 radical (unpaired) electrons. The molecule has 2 aromatic carbocycles. The van der Waals surface area contributed by atoms with Crippen LogP contribution < -0.4 is 15.8 Å².